The zero-order valence-corrected chi connectivity index (χ0v) is 14.6. The van der Waals surface area contributed by atoms with E-state index < -0.39 is 5.41 Å². The Morgan fingerprint density at radius 1 is 1.14 bits per heavy atom. The van der Waals surface area contributed by atoms with Crippen molar-refractivity contribution in [1.82, 2.24) is 4.90 Å². The molecule has 0 unspecified atom stereocenters. The number of halogens is 2. The van der Waals surface area contributed by atoms with Crippen LogP contribution in [0.4, 0.5) is 5.69 Å². The lowest BCUT2D eigenvalue weighted by molar-refractivity contribution is -0.140. The van der Waals surface area contributed by atoms with E-state index in [2.05, 4.69) is 4.90 Å². The van der Waals surface area contributed by atoms with E-state index >= 15 is 0 Å². The summed E-state index contributed by atoms with van der Waals surface area (Å²) < 4.78 is 0. The minimum absolute atomic E-state index is 0. The van der Waals surface area contributed by atoms with Gasteiger partial charge in [0.15, 0.2) is 0 Å². The summed E-state index contributed by atoms with van der Waals surface area (Å²) in [5, 5.41) is 9.30. The number of anilines is 1. The van der Waals surface area contributed by atoms with E-state index in [1.54, 1.807) is 12.1 Å². The quantitative estimate of drug-likeness (QED) is 0.873. The lowest BCUT2D eigenvalue weighted by atomic mass is 9.91. The molecular formula is C15H25Cl2N3O2. The molecule has 0 spiro atoms. The molecule has 1 amide bonds. The van der Waals surface area contributed by atoms with Crippen LogP contribution in [-0.4, -0.2) is 48.6 Å². The summed E-state index contributed by atoms with van der Waals surface area (Å²) in [5.74, 6) is 0.401. The number of rotatable bonds is 3. The number of nitrogens with zero attached hydrogens (tertiary/aromatic N) is 2. The smallest absolute Gasteiger partial charge is 0.229 e. The summed E-state index contributed by atoms with van der Waals surface area (Å²) in [7, 11) is 0. The Labute approximate surface area is 144 Å². The molecule has 1 aromatic rings. The number of hydrogen-bond acceptors (Lipinski definition) is 4. The zero-order valence-electron chi connectivity index (χ0n) is 13.0. The number of phenols is 1. The molecule has 1 heterocycles. The Morgan fingerprint density at radius 3 is 2.09 bits per heavy atom. The monoisotopic (exact) mass is 349 g/mol. The molecule has 7 heteroatoms. The van der Waals surface area contributed by atoms with Crippen LogP contribution in [0.3, 0.4) is 0 Å². The lowest BCUT2D eigenvalue weighted by Crippen LogP contribution is -2.53. The van der Waals surface area contributed by atoms with Crippen LogP contribution in [0.1, 0.15) is 13.8 Å². The Kier molecular flexibility index (Phi) is 8.01. The van der Waals surface area contributed by atoms with E-state index in [4.69, 9.17) is 5.73 Å². The van der Waals surface area contributed by atoms with E-state index in [9.17, 15) is 9.90 Å². The highest BCUT2D eigenvalue weighted by Gasteiger charge is 2.32. The zero-order chi connectivity index (χ0) is 14.8. The Morgan fingerprint density at radius 2 is 1.64 bits per heavy atom. The first-order chi connectivity index (χ1) is 9.44. The van der Waals surface area contributed by atoms with E-state index in [-0.39, 0.29) is 36.5 Å². The summed E-state index contributed by atoms with van der Waals surface area (Å²) in [4.78, 5) is 16.4. The number of piperazine rings is 1. The summed E-state index contributed by atoms with van der Waals surface area (Å²) in [6, 6.07) is 7.17. The van der Waals surface area contributed by atoms with Crippen LogP contribution >= 0.6 is 24.8 Å². The van der Waals surface area contributed by atoms with Crippen molar-refractivity contribution in [1.29, 1.82) is 0 Å². The first-order valence-corrected chi connectivity index (χ1v) is 6.97. The van der Waals surface area contributed by atoms with Gasteiger partial charge in [-0.25, -0.2) is 0 Å². The average molecular weight is 350 g/mol. The van der Waals surface area contributed by atoms with Crippen molar-refractivity contribution in [3.63, 3.8) is 0 Å². The molecule has 5 nitrogen and oxygen atoms in total. The SMILES string of the molecule is CC(C)(CN)C(=O)N1CCN(c2ccc(O)cc2)CC1.Cl.Cl. The summed E-state index contributed by atoms with van der Waals surface area (Å²) >= 11 is 0. The van der Waals surface area contributed by atoms with Gasteiger partial charge in [-0.05, 0) is 38.1 Å². The second-order valence-corrected chi connectivity index (χ2v) is 5.88. The lowest BCUT2D eigenvalue weighted by Gasteiger charge is -2.39. The maximum atomic E-state index is 12.3. The van der Waals surface area contributed by atoms with Crippen molar-refractivity contribution < 1.29 is 9.90 Å². The van der Waals surface area contributed by atoms with Gasteiger partial charge in [-0.3, -0.25) is 4.79 Å². The van der Waals surface area contributed by atoms with Crippen LogP contribution in [0, 0.1) is 5.41 Å². The van der Waals surface area contributed by atoms with Crippen molar-refractivity contribution in [3.05, 3.63) is 24.3 Å². The number of hydrogen-bond donors (Lipinski definition) is 2. The molecular weight excluding hydrogens is 325 g/mol. The third-order valence-corrected chi connectivity index (χ3v) is 3.87. The van der Waals surface area contributed by atoms with E-state index in [0.29, 0.717) is 19.6 Å². The molecule has 1 aromatic carbocycles. The molecule has 22 heavy (non-hydrogen) atoms. The molecule has 1 aliphatic heterocycles. The number of phenolic OH excluding ortho intramolecular Hbond substituents is 1. The van der Waals surface area contributed by atoms with Gasteiger partial charge in [0, 0.05) is 38.4 Å². The fourth-order valence-electron chi connectivity index (χ4n) is 2.35. The molecule has 126 valence electrons. The fourth-order valence-corrected chi connectivity index (χ4v) is 2.35. The first-order valence-electron chi connectivity index (χ1n) is 6.97. The molecule has 1 aliphatic rings. The molecule has 2 rings (SSSR count). The van der Waals surface area contributed by atoms with Gasteiger partial charge in [-0.2, -0.15) is 0 Å². The number of aromatic hydroxyl groups is 1. The van der Waals surface area contributed by atoms with Gasteiger partial charge in [0.2, 0.25) is 5.91 Å². The molecule has 0 atom stereocenters. The van der Waals surface area contributed by atoms with Crippen LogP contribution in [0.2, 0.25) is 0 Å². The van der Waals surface area contributed by atoms with Gasteiger partial charge in [-0.1, -0.05) is 0 Å². The molecule has 1 saturated heterocycles. The Bertz CT molecular complexity index is 472. The summed E-state index contributed by atoms with van der Waals surface area (Å²) in [5.41, 5.74) is 6.26. The normalized spacial score (nSPS) is 14.9. The maximum Gasteiger partial charge on any atom is 0.229 e. The summed E-state index contributed by atoms with van der Waals surface area (Å²) in [6.45, 7) is 7.17. The van der Waals surface area contributed by atoms with Crippen molar-refractivity contribution in [3.8, 4) is 5.75 Å². The maximum absolute atomic E-state index is 12.3. The van der Waals surface area contributed by atoms with Crippen molar-refractivity contribution in [2.45, 2.75) is 13.8 Å². The van der Waals surface area contributed by atoms with Crippen molar-refractivity contribution in [2.75, 3.05) is 37.6 Å². The average Bonchev–Trinajstić information content (AvgIpc) is 2.47. The topological polar surface area (TPSA) is 69.8 Å². The predicted molar refractivity (Wildman–Crippen MR) is 94.2 cm³/mol. The third-order valence-electron chi connectivity index (χ3n) is 3.87. The highest BCUT2D eigenvalue weighted by Crippen LogP contribution is 2.22. The van der Waals surface area contributed by atoms with Crippen molar-refractivity contribution in [2.24, 2.45) is 11.1 Å². The second-order valence-electron chi connectivity index (χ2n) is 5.88. The highest BCUT2D eigenvalue weighted by atomic mass is 35.5. The molecule has 0 aromatic heterocycles. The van der Waals surface area contributed by atoms with Crippen LogP contribution < -0.4 is 10.6 Å². The molecule has 0 bridgehead atoms. The molecule has 0 radical (unpaired) electrons. The van der Waals surface area contributed by atoms with Gasteiger partial charge in [-0.15, -0.1) is 24.8 Å². The Hall–Kier alpha value is -1.17. The highest BCUT2D eigenvalue weighted by molar-refractivity contribution is 5.85. The minimum Gasteiger partial charge on any atom is -0.508 e. The van der Waals surface area contributed by atoms with Crippen LogP contribution in [0.5, 0.6) is 5.75 Å². The van der Waals surface area contributed by atoms with Gasteiger partial charge in [0.05, 0.1) is 5.41 Å². The molecule has 1 fully saturated rings. The summed E-state index contributed by atoms with van der Waals surface area (Å²) in [6.07, 6.45) is 0. The Balaban J connectivity index is 0.00000220. The second kappa shape index (κ2) is 8.46. The number of nitrogens with two attached hydrogens (primary N) is 1. The van der Waals surface area contributed by atoms with Gasteiger partial charge in [0.1, 0.15) is 5.75 Å². The molecule has 0 saturated carbocycles. The van der Waals surface area contributed by atoms with Gasteiger partial charge < -0.3 is 20.6 Å². The predicted octanol–water partition coefficient (Wildman–Crippen LogP) is 1.87. The van der Waals surface area contributed by atoms with Gasteiger partial charge in [0.25, 0.3) is 0 Å². The number of carbonyl (C=O) groups is 1. The fraction of sp³-hybridized carbons (Fsp3) is 0.533. The van der Waals surface area contributed by atoms with Crippen LogP contribution in [0.15, 0.2) is 24.3 Å². The number of benzene rings is 1. The van der Waals surface area contributed by atoms with E-state index in [1.165, 1.54) is 0 Å². The molecule has 3 N–H and O–H groups in total. The first kappa shape index (κ1) is 20.8. The third kappa shape index (κ3) is 4.66. The van der Waals surface area contributed by atoms with Crippen molar-refractivity contribution >= 4 is 36.4 Å². The van der Waals surface area contributed by atoms with Crippen LogP contribution in [-0.2, 0) is 4.79 Å². The van der Waals surface area contributed by atoms with Gasteiger partial charge >= 0.3 is 0 Å². The van der Waals surface area contributed by atoms with Crippen LogP contribution in [0.25, 0.3) is 0 Å². The molecule has 0 aliphatic carbocycles. The minimum atomic E-state index is -0.485. The van der Waals surface area contributed by atoms with E-state index in [1.807, 2.05) is 30.9 Å². The van der Waals surface area contributed by atoms with E-state index in [0.717, 1.165) is 18.8 Å². The number of amides is 1. The standard InChI is InChI=1S/C15H23N3O2.2ClH/c1-15(2,11-16)14(20)18-9-7-17(8-10-18)12-3-5-13(19)6-4-12;;/h3-6,19H,7-11,16H2,1-2H3;2*1H. The number of carbonyl (C=O) groups excluding carboxylic acids is 1. The largest absolute Gasteiger partial charge is 0.508 e.